The van der Waals surface area contributed by atoms with Gasteiger partial charge in [-0.25, -0.2) is 8.42 Å². The van der Waals surface area contributed by atoms with Crippen LogP contribution in [-0.4, -0.2) is 36.2 Å². The van der Waals surface area contributed by atoms with E-state index in [0.717, 1.165) is 0 Å². The number of nitro groups is 1. The maximum Gasteiger partial charge on any atom is 0.303 e. The van der Waals surface area contributed by atoms with Crippen LogP contribution < -0.4 is 0 Å². The molecule has 0 bridgehead atoms. The highest BCUT2D eigenvalue weighted by molar-refractivity contribution is 7.89. The summed E-state index contributed by atoms with van der Waals surface area (Å²) < 4.78 is 33.2. The fourth-order valence-corrected chi connectivity index (χ4v) is 5.36. The van der Waals surface area contributed by atoms with E-state index in [1.54, 1.807) is 24.3 Å². The lowest BCUT2D eigenvalue weighted by atomic mass is 10.0. The van der Waals surface area contributed by atoms with Crippen LogP contribution in [0, 0.1) is 10.1 Å². The minimum atomic E-state index is -4.15. The molecule has 2 aromatic carbocycles. The zero-order valence-corrected chi connectivity index (χ0v) is 16.0. The van der Waals surface area contributed by atoms with Gasteiger partial charge in [0.25, 0.3) is 5.69 Å². The summed E-state index contributed by atoms with van der Waals surface area (Å²) in [5, 5.41) is 11.3. The highest BCUT2D eigenvalue weighted by Gasteiger charge is 2.43. The van der Waals surface area contributed by atoms with Gasteiger partial charge in [0.1, 0.15) is 6.10 Å². The highest BCUT2D eigenvalue weighted by atomic mass is 32.2. The molecule has 0 amide bonds. The molecule has 0 saturated carbocycles. The van der Waals surface area contributed by atoms with E-state index in [0.29, 0.717) is 18.4 Å². The number of carbonyl (C=O) groups is 1. The Balaban J connectivity index is 2.04. The summed E-state index contributed by atoms with van der Waals surface area (Å²) in [5.74, 6) is -0.524. The Hall–Kier alpha value is -2.78. The monoisotopic (exact) mass is 404 g/mol. The van der Waals surface area contributed by atoms with Gasteiger partial charge >= 0.3 is 5.97 Å². The summed E-state index contributed by atoms with van der Waals surface area (Å²) in [4.78, 5) is 21.9. The van der Waals surface area contributed by atoms with Gasteiger partial charge in [0.2, 0.25) is 10.0 Å². The van der Waals surface area contributed by atoms with Crippen LogP contribution >= 0.6 is 0 Å². The van der Waals surface area contributed by atoms with Gasteiger partial charge in [-0.05, 0) is 24.5 Å². The zero-order chi connectivity index (χ0) is 20.3. The van der Waals surface area contributed by atoms with E-state index in [1.165, 1.54) is 35.5 Å². The van der Waals surface area contributed by atoms with Crippen molar-refractivity contribution in [2.24, 2.45) is 0 Å². The Bertz CT molecular complexity index is 977. The molecule has 3 rings (SSSR count). The molecule has 0 aromatic heterocycles. The van der Waals surface area contributed by atoms with Gasteiger partial charge in [0, 0.05) is 19.5 Å². The molecule has 1 aliphatic rings. The first kappa shape index (κ1) is 20.0. The van der Waals surface area contributed by atoms with E-state index in [2.05, 4.69) is 0 Å². The molecule has 1 aliphatic heterocycles. The number of esters is 1. The van der Waals surface area contributed by atoms with Crippen LogP contribution in [0.5, 0.6) is 0 Å². The Labute approximate surface area is 162 Å². The van der Waals surface area contributed by atoms with Crippen LogP contribution in [-0.2, 0) is 19.6 Å². The predicted molar refractivity (Wildman–Crippen MR) is 101 cm³/mol. The molecule has 28 heavy (non-hydrogen) atoms. The molecule has 148 valence electrons. The van der Waals surface area contributed by atoms with E-state index in [1.807, 2.05) is 6.07 Å². The average molecular weight is 404 g/mol. The van der Waals surface area contributed by atoms with Crippen LogP contribution in [0.15, 0.2) is 59.5 Å². The van der Waals surface area contributed by atoms with Crippen LogP contribution in [0.3, 0.4) is 0 Å². The van der Waals surface area contributed by atoms with Crippen molar-refractivity contribution in [3.05, 3.63) is 70.3 Å². The minimum absolute atomic E-state index is 0.198. The largest absolute Gasteiger partial charge is 0.456 e. The number of para-hydroxylation sites is 1. The quantitative estimate of drug-likeness (QED) is 0.416. The van der Waals surface area contributed by atoms with Crippen LogP contribution in [0.2, 0.25) is 0 Å². The first-order valence-electron chi connectivity index (χ1n) is 8.80. The summed E-state index contributed by atoms with van der Waals surface area (Å²) >= 11 is 0. The van der Waals surface area contributed by atoms with Gasteiger partial charge in [-0.3, -0.25) is 14.9 Å². The van der Waals surface area contributed by atoms with Crippen molar-refractivity contribution < 1.29 is 22.9 Å². The standard InChI is InChI=1S/C19H20N2O6S/c1-14(22)27-19(15-8-3-2-4-9-15)17-11-7-13-20(17)28(25,26)18-12-6-5-10-16(18)21(23)24/h2-6,8-10,12,17,19H,7,11,13H2,1H3/t17-,19+/m1/s1. The third-order valence-corrected chi connectivity index (χ3v) is 6.64. The second-order valence-corrected chi connectivity index (χ2v) is 8.35. The van der Waals surface area contributed by atoms with Crippen LogP contribution in [0.1, 0.15) is 31.4 Å². The van der Waals surface area contributed by atoms with Crippen molar-refractivity contribution in [2.45, 2.75) is 36.8 Å². The molecule has 0 unspecified atom stereocenters. The molecule has 0 N–H and O–H groups in total. The Morgan fingerprint density at radius 1 is 1.18 bits per heavy atom. The number of hydrogen-bond donors (Lipinski definition) is 0. The molecule has 1 heterocycles. The molecule has 1 fully saturated rings. The molecule has 9 heteroatoms. The summed E-state index contributed by atoms with van der Waals surface area (Å²) in [6.45, 7) is 1.47. The lowest BCUT2D eigenvalue weighted by molar-refractivity contribution is -0.387. The summed E-state index contributed by atoms with van der Waals surface area (Å²) in [6, 6.07) is 13.5. The summed E-state index contributed by atoms with van der Waals surface area (Å²) in [5.41, 5.74) is 0.198. The van der Waals surface area contributed by atoms with Gasteiger partial charge < -0.3 is 4.74 Å². The second-order valence-electron chi connectivity index (χ2n) is 6.49. The number of sulfonamides is 1. The van der Waals surface area contributed by atoms with E-state index in [-0.39, 0.29) is 11.4 Å². The smallest absolute Gasteiger partial charge is 0.303 e. The number of hydrogen-bond acceptors (Lipinski definition) is 6. The fraction of sp³-hybridized carbons (Fsp3) is 0.316. The van der Waals surface area contributed by atoms with Gasteiger partial charge in [0.05, 0.1) is 11.0 Å². The minimum Gasteiger partial charge on any atom is -0.456 e. The third-order valence-electron chi connectivity index (χ3n) is 4.67. The zero-order valence-electron chi connectivity index (χ0n) is 15.2. The van der Waals surface area contributed by atoms with Crippen molar-refractivity contribution in [1.29, 1.82) is 0 Å². The molecule has 1 saturated heterocycles. The van der Waals surface area contributed by atoms with E-state index >= 15 is 0 Å². The van der Waals surface area contributed by atoms with Crippen molar-refractivity contribution in [2.75, 3.05) is 6.54 Å². The lowest BCUT2D eigenvalue weighted by Gasteiger charge is -2.30. The molecule has 0 aliphatic carbocycles. The summed E-state index contributed by atoms with van der Waals surface area (Å²) in [7, 11) is -4.15. The molecule has 0 radical (unpaired) electrons. The third kappa shape index (κ3) is 3.90. The number of rotatable bonds is 6. The molecule has 8 nitrogen and oxygen atoms in total. The predicted octanol–water partition coefficient (Wildman–Crippen LogP) is 3.05. The van der Waals surface area contributed by atoms with E-state index in [4.69, 9.17) is 4.74 Å². The maximum atomic E-state index is 13.3. The van der Waals surface area contributed by atoms with Crippen LogP contribution in [0.25, 0.3) is 0 Å². The highest BCUT2D eigenvalue weighted by Crippen LogP contribution is 2.37. The maximum absolute atomic E-state index is 13.3. The molecule has 2 aromatic rings. The van der Waals surface area contributed by atoms with Crippen LogP contribution in [0.4, 0.5) is 5.69 Å². The van der Waals surface area contributed by atoms with Gasteiger partial charge in [-0.15, -0.1) is 0 Å². The van der Waals surface area contributed by atoms with Crippen molar-refractivity contribution in [3.63, 3.8) is 0 Å². The number of ether oxygens (including phenoxy) is 1. The lowest BCUT2D eigenvalue weighted by Crippen LogP contribution is -2.40. The van der Waals surface area contributed by atoms with Gasteiger partial charge in [0.15, 0.2) is 4.90 Å². The number of benzene rings is 2. The Kier molecular flexibility index (Phi) is 5.76. The first-order chi connectivity index (χ1) is 13.3. The van der Waals surface area contributed by atoms with Gasteiger partial charge in [-0.1, -0.05) is 42.5 Å². The Morgan fingerprint density at radius 3 is 2.46 bits per heavy atom. The molecular weight excluding hydrogens is 384 g/mol. The van der Waals surface area contributed by atoms with E-state index < -0.39 is 38.7 Å². The topological polar surface area (TPSA) is 107 Å². The first-order valence-corrected chi connectivity index (χ1v) is 10.2. The second kappa shape index (κ2) is 8.07. The number of nitro benzene ring substituents is 1. The van der Waals surface area contributed by atoms with Crippen molar-refractivity contribution in [3.8, 4) is 0 Å². The van der Waals surface area contributed by atoms with Crippen molar-refractivity contribution in [1.82, 2.24) is 4.31 Å². The van der Waals surface area contributed by atoms with E-state index in [9.17, 15) is 23.3 Å². The molecule has 2 atom stereocenters. The van der Waals surface area contributed by atoms with Crippen molar-refractivity contribution >= 4 is 21.7 Å². The molecule has 0 spiro atoms. The average Bonchev–Trinajstić information content (AvgIpc) is 3.17. The molecular formula is C19H20N2O6S. The fourth-order valence-electron chi connectivity index (χ4n) is 3.51. The number of carbonyl (C=O) groups excluding carboxylic acids is 1. The number of nitrogens with zero attached hydrogens (tertiary/aromatic N) is 2. The normalized spacial score (nSPS) is 18.5. The van der Waals surface area contributed by atoms with Gasteiger partial charge in [-0.2, -0.15) is 4.31 Å². The Morgan fingerprint density at radius 2 is 1.82 bits per heavy atom. The SMILES string of the molecule is CC(=O)O[C@@H](c1ccccc1)[C@H]1CCCN1S(=O)(=O)c1ccccc1[N+](=O)[O-]. The summed E-state index contributed by atoms with van der Waals surface area (Å²) in [6.07, 6.45) is 0.251.